The van der Waals surface area contributed by atoms with Crippen molar-refractivity contribution >= 4 is 11.6 Å². The predicted molar refractivity (Wildman–Crippen MR) is 90.8 cm³/mol. The lowest BCUT2D eigenvalue weighted by Crippen LogP contribution is -2.30. The number of carbonyl (C=O) groups is 1. The molecule has 1 N–H and O–H groups in total. The van der Waals surface area contributed by atoms with Crippen LogP contribution in [0.1, 0.15) is 5.56 Å². The molecule has 1 amide bonds. The minimum absolute atomic E-state index is 0.0984. The van der Waals surface area contributed by atoms with E-state index in [-0.39, 0.29) is 6.54 Å². The maximum atomic E-state index is 13.6. The fourth-order valence-corrected chi connectivity index (χ4v) is 2.48. The van der Waals surface area contributed by atoms with Gasteiger partial charge in [-0.1, -0.05) is 12.1 Å². The molecule has 0 atom stereocenters. The van der Waals surface area contributed by atoms with Crippen LogP contribution in [0.5, 0.6) is 11.5 Å². The van der Waals surface area contributed by atoms with Gasteiger partial charge in [0.2, 0.25) is 5.91 Å². The van der Waals surface area contributed by atoms with Crippen molar-refractivity contribution in [1.29, 1.82) is 0 Å². The van der Waals surface area contributed by atoms with Gasteiger partial charge in [-0.05, 0) is 25.2 Å². The highest BCUT2D eigenvalue weighted by atomic mass is 19.2. The second kappa shape index (κ2) is 8.57. The Labute approximate surface area is 149 Å². The highest BCUT2D eigenvalue weighted by Crippen LogP contribution is 2.31. The van der Waals surface area contributed by atoms with E-state index in [1.165, 1.54) is 14.2 Å². The number of rotatable bonds is 7. The van der Waals surface area contributed by atoms with Gasteiger partial charge in [-0.2, -0.15) is 0 Å². The van der Waals surface area contributed by atoms with Gasteiger partial charge in [-0.15, -0.1) is 0 Å². The lowest BCUT2D eigenvalue weighted by molar-refractivity contribution is -0.117. The summed E-state index contributed by atoms with van der Waals surface area (Å²) in [4.78, 5) is 13.7. The van der Waals surface area contributed by atoms with Gasteiger partial charge in [0.25, 0.3) is 0 Å². The van der Waals surface area contributed by atoms with Gasteiger partial charge in [0, 0.05) is 12.1 Å². The topological polar surface area (TPSA) is 50.8 Å². The van der Waals surface area contributed by atoms with Crippen molar-refractivity contribution in [2.45, 2.75) is 6.54 Å². The summed E-state index contributed by atoms with van der Waals surface area (Å²) in [5, 5.41) is 2.23. The molecule has 0 radical (unpaired) electrons. The van der Waals surface area contributed by atoms with Gasteiger partial charge < -0.3 is 14.8 Å². The number of para-hydroxylation sites is 1. The maximum absolute atomic E-state index is 13.6. The Bertz CT molecular complexity index is 799. The summed E-state index contributed by atoms with van der Waals surface area (Å²) in [7, 11) is 4.72. The number of ether oxygens (including phenoxy) is 2. The summed E-state index contributed by atoms with van der Waals surface area (Å²) in [6, 6.07) is 7.09. The summed E-state index contributed by atoms with van der Waals surface area (Å²) < 4.78 is 50.3. The van der Waals surface area contributed by atoms with E-state index in [0.717, 1.165) is 17.7 Å². The first kappa shape index (κ1) is 19.6. The monoisotopic (exact) mass is 368 g/mol. The average Bonchev–Trinajstić information content (AvgIpc) is 2.61. The Balaban J connectivity index is 2.03. The highest BCUT2D eigenvalue weighted by molar-refractivity contribution is 5.92. The number of halogens is 3. The zero-order valence-corrected chi connectivity index (χ0v) is 14.6. The molecule has 2 aromatic rings. The molecule has 0 unspecified atom stereocenters. The molecule has 8 heteroatoms. The van der Waals surface area contributed by atoms with Gasteiger partial charge in [0.05, 0.1) is 26.5 Å². The van der Waals surface area contributed by atoms with Crippen LogP contribution < -0.4 is 14.8 Å². The van der Waals surface area contributed by atoms with Crippen LogP contribution in [-0.2, 0) is 11.3 Å². The van der Waals surface area contributed by atoms with E-state index in [1.807, 2.05) is 6.07 Å². The number of methoxy groups -OCH3 is 2. The number of hydrogen-bond acceptors (Lipinski definition) is 4. The maximum Gasteiger partial charge on any atom is 0.238 e. The molecule has 26 heavy (non-hydrogen) atoms. The summed E-state index contributed by atoms with van der Waals surface area (Å²) in [6.07, 6.45) is 0. The molecule has 0 aromatic heterocycles. The van der Waals surface area contributed by atoms with Crippen LogP contribution in [0.3, 0.4) is 0 Å². The molecule has 5 nitrogen and oxygen atoms in total. The lowest BCUT2D eigenvalue weighted by atomic mass is 10.1. The zero-order chi connectivity index (χ0) is 19.3. The molecule has 0 fully saturated rings. The fraction of sp³-hybridized carbons (Fsp3) is 0.278. The number of anilines is 1. The van der Waals surface area contributed by atoms with E-state index in [9.17, 15) is 18.0 Å². The number of nitrogens with one attached hydrogen (secondary N) is 1. The van der Waals surface area contributed by atoms with Gasteiger partial charge >= 0.3 is 0 Å². The first-order valence-electron chi connectivity index (χ1n) is 7.69. The van der Waals surface area contributed by atoms with Crippen molar-refractivity contribution in [2.75, 3.05) is 33.1 Å². The van der Waals surface area contributed by atoms with Crippen LogP contribution in [0.2, 0.25) is 0 Å². The van der Waals surface area contributed by atoms with Crippen LogP contribution >= 0.6 is 0 Å². The second-order valence-electron chi connectivity index (χ2n) is 5.60. The van der Waals surface area contributed by atoms with Gasteiger partial charge in [-0.3, -0.25) is 9.69 Å². The number of hydrogen-bond donors (Lipinski definition) is 1. The molecule has 0 heterocycles. The second-order valence-corrected chi connectivity index (χ2v) is 5.60. The number of likely N-dealkylation sites (N-methyl/N-ethyl adjacent to an activating group) is 1. The number of amides is 1. The van der Waals surface area contributed by atoms with E-state index in [4.69, 9.17) is 9.47 Å². The first-order chi connectivity index (χ1) is 12.4. The highest BCUT2D eigenvalue weighted by Gasteiger charge is 2.17. The van der Waals surface area contributed by atoms with Gasteiger partial charge in [0.1, 0.15) is 0 Å². The van der Waals surface area contributed by atoms with Gasteiger partial charge in [-0.25, -0.2) is 13.2 Å². The van der Waals surface area contributed by atoms with Crippen molar-refractivity contribution in [2.24, 2.45) is 0 Å². The van der Waals surface area contributed by atoms with Crippen LogP contribution in [-0.4, -0.2) is 38.6 Å². The average molecular weight is 368 g/mol. The number of carbonyl (C=O) groups excluding carboxylic acids is 1. The molecule has 2 rings (SSSR count). The van der Waals surface area contributed by atoms with E-state index >= 15 is 0 Å². The van der Waals surface area contributed by atoms with Crippen LogP contribution in [0.4, 0.5) is 18.9 Å². The van der Waals surface area contributed by atoms with Crippen LogP contribution in [0, 0.1) is 17.5 Å². The van der Waals surface area contributed by atoms with E-state index in [1.54, 1.807) is 24.1 Å². The van der Waals surface area contributed by atoms with Crippen molar-refractivity contribution < 1.29 is 27.4 Å². The summed E-state index contributed by atoms with van der Waals surface area (Å²) in [6.45, 7) is 0.257. The van der Waals surface area contributed by atoms with E-state index in [2.05, 4.69) is 5.32 Å². The smallest absolute Gasteiger partial charge is 0.238 e. The van der Waals surface area contributed by atoms with E-state index < -0.39 is 29.0 Å². The molecule has 0 spiro atoms. The van der Waals surface area contributed by atoms with Gasteiger partial charge in [0.15, 0.2) is 29.0 Å². The standard InChI is InChI=1S/C18H19F3N2O3/c1-23(9-11-5-4-6-14(25-2)18(11)26-3)10-15(24)22-13-8-7-12(19)16(20)17(13)21/h4-8H,9-10H2,1-3H3,(H,22,24). The molecule has 0 saturated carbocycles. The third-order valence-electron chi connectivity index (χ3n) is 3.65. The normalized spacial score (nSPS) is 10.7. The molecular formula is C18H19F3N2O3. The summed E-state index contributed by atoms with van der Waals surface area (Å²) in [5.74, 6) is -3.84. The zero-order valence-electron chi connectivity index (χ0n) is 14.6. The molecule has 2 aromatic carbocycles. The third-order valence-corrected chi connectivity index (χ3v) is 3.65. The Morgan fingerprint density at radius 2 is 1.81 bits per heavy atom. The minimum Gasteiger partial charge on any atom is -0.493 e. The molecule has 0 aliphatic rings. The van der Waals surface area contributed by atoms with Crippen LogP contribution in [0.25, 0.3) is 0 Å². The SMILES string of the molecule is COc1cccc(CN(C)CC(=O)Nc2ccc(F)c(F)c2F)c1OC. The Kier molecular flexibility index (Phi) is 6.46. The lowest BCUT2D eigenvalue weighted by Gasteiger charge is -2.19. The molecule has 140 valence electrons. The fourth-order valence-electron chi connectivity index (χ4n) is 2.48. The predicted octanol–water partition coefficient (Wildman–Crippen LogP) is 3.19. The molecule has 0 aliphatic heterocycles. The van der Waals surface area contributed by atoms with Crippen molar-refractivity contribution in [1.82, 2.24) is 4.90 Å². The Morgan fingerprint density at radius 3 is 2.46 bits per heavy atom. The number of benzene rings is 2. The summed E-state index contributed by atoms with van der Waals surface area (Å²) in [5.41, 5.74) is 0.377. The first-order valence-corrected chi connectivity index (χ1v) is 7.69. The Morgan fingerprint density at radius 1 is 1.08 bits per heavy atom. The summed E-state index contributed by atoms with van der Waals surface area (Å²) >= 11 is 0. The molecular weight excluding hydrogens is 349 g/mol. The number of nitrogens with zero attached hydrogens (tertiary/aromatic N) is 1. The van der Waals surface area contributed by atoms with Crippen molar-refractivity contribution in [3.05, 3.63) is 53.3 Å². The molecule has 0 aliphatic carbocycles. The van der Waals surface area contributed by atoms with Crippen molar-refractivity contribution in [3.63, 3.8) is 0 Å². The van der Waals surface area contributed by atoms with Crippen LogP contribution in [0.15, 0.2) is 30.3 Å². The van der Waals surface area contributed by atoms with Crippen molar-refractivity contribution in [3.8, 4) is 11.5 Å². The molecule has 0 bridgehead atoms. The minimum atomic E-state index is -1.63. The molecule has 0 saturated heterocycles. The third kappa shape index (κ3) is 4.45. The Hall–Kier alpha value is -2.74. The van der Waals surface area contributed by atoms with E-state index in [0.29, 0.717) is 18.0 Å². The quantitative estimate of drug-likeness (QED) is 0.763. The largest absolute Gasteiger partial charge is 0.493 e.